The van der Waals surface area contributed by atoms with Gasteiger partial charge in [-0.1, -0.05) is 5.16 Å². The monoisotopic (exact) mass is 358 g/mol. The third-order valence-corrected chi connectivity index (χ3v) is 5.44. The Balaban J connectivity index is 1.45. The van der Waals surface area contributed by atoms with E-state index in [0.29, 0.717) is 23.6 Å². The molecular weight excluding hydrogens is 332 g/mol. The van der Waals surface area contributed by atoms with Gasteiger partial charge in [-0.15, -0.1) is 0 Å². The first-order valence-electron chi connectivity index (χ1n) is 9.42. The van der Waals surface area contributed by atoms with Gasteiger partial charge in [-0.25, -0.2) is 4.98 Å². The molecule has 7 nitrogen and oxygen atoms in total. The molecule has 3 heterocycles. The molecule has 4 rings (SSSR count). The van der Waals surface area contributed by atoms with Crippen LogP contribution in [-0.2, 0) is 17.7 Å². The summed E-state index contributed by atoms with van der Waals surface area (Å²) in [6, 6.07) is -0.0777. The van der Waals surface area contributed by atoms with E-state index in [1.165, 1.54) is 18.5 Å². The van der Waals surface area contributed by atoms with Crippen LogP contribution in [0.4, 0.5) is 0 Å². The summed E-state index contributed by atoms with van der Waals surface area (Å²) < 4.78 is 13.2. The summed E-state index contributed by atoms with van der Waals surface area (Å²) in [7, 11) is 0. The van der Waals surface area contributed by atoms with Crippen LogP contribution in [0.5, 0.6) is 0 Å². The molecule has 26 heavy (non-hydrogen) atoms. The molecular formula is C19H26N4O3. The Kier molecular flexibility index (Phi) is 4.56. The minimum atomic E-state index is -0.0777. The van der Waals surface area contributed by atoms with E-state index in [-0.39, 0.29) is 11.9 Å². The van der Waals surface area contributed by atoms with Gasteiger partial charge in [0, 0.05) is 38.0 Å². The highest BCUT2D eigenvalue weighted by atomic mass is 16.5. The number of ether oxygens (including phenoxy) is 1. The van der Waals surface area contributed by atoms with E-state index in [1.54, 1.807) is 13.8 Å². The maximum atomic E-state index is 13.0. The number of rotatable bonds is 6. The molecule has 140 valence electrons. The molecule has 1 aliphatic heterocycles. The number of aryl methyl sites for hydroxylation is 2. The summed E-state index contributed by atoms with van der Waals surface area (Å²) in [6.07, 6.45) is 5.42. The van der Waals surface area contributed by atoms with Gasteiger partial charge in [0.05, 0.1) is 18.3 Å². The zero-order valence-corrected chi connectivity index (χ0v) is 15.7. The number of nitrogens with zero attached hydrogens (tertiary/aromatic N) is 4. The molecule has 2 aromatic rings. The molecule has 1 aliphatic carbocycles. The van der Waals surface area contributed by atoms with Gasteiger partial charge in [0.1, 0.15) is 17.1 Å². The summed E-state index contributed by atoms with van der Waals surface area (Å²) in [5, 5.41) is 3.91. The Labute approximate surface area is 153 Å². The molecule has 0 saturated heterocycles. The van der Waals surface area contributed by atoms with E-state index in [9.17, 15) is 4.79 Å². The highest BCUT2D eigenvalue weighted by molar-refractivity contribution is 5.96. The van der Waals surface area contributed by atoms with Crippen molar-refractivity contribution < 1.29 is 14.1 Å². The van der Waals surface area contributed by atoms with Crippen molar-refractivity contribution in [1.29, 1.82) is 0 Å². The molecule has 1 atom stereocenters. The molecule has 1 saturated carbocycles. The molecule has 0 bridgehead atoms. The number of carbonyl (C=O) groups excluding carboxylic acids is 1. The predicted octanol–water partition coefficient (Wildman–Crippen LogP) is 2.67. The second-order valence-corrected chi connectivity index (χ2v) is 7.40. The van der Waals surface area contributed by atoms with Gasteiger partial charge in [0.15, 0.2) is 0 Å². The van der Waals surface area contributed by atoms with Crippen LogP contribution in [0, 0.1) is 19.8 Å². The fourth-order valence-electron chi connectivity index (χ4n) is 3.68. The van der Waals surface area contributed by atoms with Gasteiger partial charge in [0.25, 0.3) is 5.91 Å². The molecule has 0 aromatic carbocycles. The topological polar surface area (TPSA) is 73.4 Å². The standard InChI is InChI=1S/C19H26N4O3/c1-12-17(14(3)26-21-12)19(24)22-7-8-23-16(10-20-18(23)13(22)2)6-9-25-11-15-4-5-15/h10,13,15H,4-9,11H2,1-3H3/t13-/m1/s1. The lowest BCUT2D eigenvalue weighted by Gasteiger charge is -2.34. The van der Waals surface area contributed by atoms with Crippen molar-refractivity contribution in [2.24, 2.45) is 5.92 Å². The third-order valence-electron chi connectivity index (χ3n) is 5.44. The summed E-state index contributed by atoms with van der Waals surface area (Å²) >= 11 is 0. The molecule has 7 heteroatoms. The van der Waals surface area contributed by atoms with E-state index in [1.807, 2.05) is 18.0 Å². The van der Waals surface area contributed by atoms with Gasteiger partial charge in [-0.2, -0.15) is 0 Å². The van der Waals surface area contributed by atoms with Crippen LogP contribution in [0.15, 0.2) is 10.7 Å². The predicted molar refractivity (Wildman–Crippen MR) is 94.9 cm³/mol. The van der Waals surface area contributed by atoms with Crippen LogP contribution >= 0.6 is 0 Å². The molecule has 2 aliphatic rings. The minimum Gasteiger partial charge on any atom is -0.381 e. The third kappa shape index (κ3) is 3.16. The SMILES string of the molecule is Cc1noc(C)c1C(=O)N1CCn2c(CCOCC3CC3)cnc2[C@H]1C. The molecule has 1 amide bonds. The fourth-order valence-corrected chi connectivity index (χ4v) is 3.68. The number of fused-ring (bicyclic) bond motifs is 1. The van der Waals surface area contributed by atoms with Gasteiger partial charge in [-0.05, 0) is 39.5 Å². The maximum Gasteiger partial charge on any atom is 0.260 e. The Bertz CT molecular complexity index is 786. The average molecular weight is 358 g/mol. The summed E-state index contributed by atoms with van der Waals surface area (Å²) in [4.78, 5) is 19.4. The van der Waals surface area contributed by atoms with Crippen LogP contribution in [-0.4, -0.2) is 45.3 Å². The maximum absolute atomic E-state index is 13.0. The minimum absolute atomic E-state index is 0.0303. The van der Waals surface area contributed by atoms with E-state index < -0.39 is 0 Å². The first kappa shape index (κ1) is 17.3. The quantitative estimate of drug-likeness (QED) is 0.742. The van der Waals surface area contributed by atoms with E-state index in [0.717, 1.165) is 37.9 Å². The number of carbonyl (C=O) groups is 1. The van der Waals surface area contributed by atoms with Crippen LogP contribution < -0.4 is 0 Å². The molecule has 0 N–H and O–H groups in total. The van der Waals surface area contributed by atoms with Crippen molar-refractivity contribution in [2.75, 3.05) is 19.8 Å². The van der Waals surface area contributed by atoms with Gasteiger partial charge >= 0.3 is 0 Å². The van der Waals surface area contributed by atoms with Gasteiger partial charge in [-0.3, -0.25) is 4.79 Å². The van der Waals surface area contributed by atoms with Crippen LogP contribution in [0.2, 0.25) is 0 Å². The smallest absolute Gasteiger partial charge is 0.260 e. The molecule has 0 radical (unpaired) electrons. The first-order valence-corrected chi connectivity index (χ1v) is 9.42. The van der Waals surface area contributed by atoms with Crippen molar-refractivity contribution in [2.45, 2.75) is 52.6 Å². The number of hydrogen-bond donors (Lipinski definition) is 0. The zero-order chi connectivity index (χ0) is 18.3. The Morgan fingerprint density at radius 2 is 2.15 bits per heavy atom. The van der Waals surface area contributed by atoms with Crippen molar-refractivity contribution in [3.05, 3.63) is 34.7 Å². The fraction of sp³-hybridized carbons (Fsp3) is 0.632. The summed E-state index contributed by atoms with van der Waals surface area (Å²) in [5.41, 5.74) is 2.40. The van der Waals surface area contributed by atoms with E-state index in [4.69, 9.17) is 9.26 Å². The Hall–Kier alpha value is -2.15. The number of imidazole rings is 1. The van der Waals surface area contributed by atoms with Crippen LogP contribution in [0.3, 0.4) is 0 Å². The van der Waals surface area contributed by atoms with E-state index >= 15 is 0 Å². The van der Waals surface area contributed by atoms with Gasteiger partial charge in [0.2, 0.25) is 0 Å². The van der Waals surface area contributed by atoms with Crippen molar-refractivity contribution >= 4 is 5.91 Å². The lowest BCUT2D eigenvalue weighted by Crippen LogP contribution is -2.42. The number of aromatic nitrogens is 3. The molecule has 0 unspecified atom stereocenters. The van der Waals surface area contributed by atoms with Crippen molar-refractivity contribution in [1.82, 2.24) is 19.6 Å². The number of amides is 1. The zero-order valence-electron chi connectivity index (χ0n) is 15.7. The van der Waals surface area contributed by atoms with Crippen molar-refractivity contribution in [3.63, 3.8) is 0 Å². The molecule has 0 spiro atoms. The summed E-state index contributed by atoms with van der Waals surface area (Å²) in [6.45, 7) is 8.65. The highest BCUT2D eigenvalue weighted by Gasteiger charge is 2.33. The van der Waals surface area contributed by atoms with Gasteiger partial charge < -0.3 is 18.7 Å². The second-order valence-electron chi connectivity index (χ2n) is 7.40. The molecule has 1 fully saturated rings. The van der Waals surface area contributed by atoms with E-state index in [2.05, 4.69) is 14.7 Å². The largest absolute Gasteiger partial charge is 0.381 e. The van der Waals surface area contributed by atoms with Crippen LogP contribution in [0.25, 0.3) is 0 Å². The second kappa shape index (κ2) is 6.87. The lowest BCUT2D eigenvalue weighted by atomic mass is 10.1. The van der Waals surface area contributed by atoms with Crippen LogP contribution in [0.1, 0.15) is 59.1 Å². The number of hydrogen-bond acceptors (Lipinski definition) is 5. The highest BCUT2D eigenvalue weighted by Crippen LogP contribution is 2.30. The average Bonchev–Trinajstić information content (AvgIpc) is 3.26. The lowest BCUT2D eigenvalue weighted by molar-refractivity contribution is 0.0632. The first-order chi connectivity index (χ1) is 12.6. The Morgan fingerprint density at radius 1 is 1.35 bits per heavy atom. The normalized spacial score (nSPS) is 19.7. The molecule has 2 aromatic heterocycles. The summed E-state index contributed by atoms with van der Waals surface area (Å²) in [5.74, 6) is 2.27. The van der Waals surface area contributed by atoms with Crippen molar-refractivity contribution in [3.8, 4) is 0 Å². The Morgan fingerprint density at radius 3 is 2.85 bits per heavy atom.